The maximum Gasteiger partial charge on any atom is 0.253 e. The SMILES string of the molecule is O=C(NCC#CCOc1ccc(F)cc1F)c1cc(Cl)ccc1Cl. The van der Waals surface area contributed by atoms with Gasteiger partial charge in [0, 0.05) is 11.1 Å². The summed E-state index contributed by atoms with van der Waals surface area (Å²) in [4.78, 5) is 11.9. The zero-order valence-electron chi connectivity index (χ0n) is 12.2. The van der Waals surface area contributed by atoms with Gasteiger partial charge >= 0.3 is 0 Å². The quantitative estimate of drug-likeness (QED) is 0.824. The molecule has 0 heterocycles. The van der Waals surface area contributed by atoms with Gasteiger partial charge in [0.15, 0.2) is 11.6 Å². The number of hydrogen-bond donors (Lipinski definition) is 1. The van der Waals surface area contributed by atoms with E-state index in [1.165, 1.54) is 18.2 Å². The van der Waals surface area contributed by atoms with Crippen molar-refractivity contribution >= 4 is 29.1 Å². The number of amides is 1. The van der Waals surface area contributed by atoms with Gasteiger partial charge in [-0.15, -0.1) is 0 Å². The van der Waals surface area contributed by atoms with Crippen LogP contribution in [-0.2, 0) is 0 Å². The second-order valence-electron chi connectivity index (χ2n) is 4.52. The summed E-state index contributed by atoms with van der Waals surface area (Å²) in [7, 11) is 0. The maximum absolute atomic E-state index is 13.3. The minimum atomic E-state index is -0.805. The highest BCUT2D eigenvalue weighted by Gasteiger charge is 2.09. The van der Waals surface area contributed by atoms with Crippen LogP contribution in [0.5, 0.6) is 5.75 Å². The van der Waals surface area contributed by atoms with Gasteiger partial charge in [0.2, 0.25) is 0 Å². The van der Waals surface area contributed by atoms with Gasteiger partial charge in [0.05, 0.1) is 17.1 Å². The van der Waals surface area contributed by atoms with E-state index in [1.807, 2.05) is 0 Å². The van der Waals surface area contributed by atoms with E-state index >= 15 is 0 Å². The molecule has 1 amide bonds. The van der Waals surface area contributed by atoms with Crippen LogP contribution in [0.15, 0.2) is 36.4 Å². The topological polar surface area (TPSA) is 38.3 Å². The van der Waals surface area contributed by atoms with Crippen LogP contribution in [0.2, 0.25) is 10.0 Å². The molecule has 0 saturated heterocycles. The molecule has 24 heavy (non-hydrogen) atoms. The first-order chi connectivity index (χ1) is 11.5. The van der Waals surface area contributed by atoms with E-state index in [0.29, 0.717) is 5.02 Å². The maximum atomic E-state index is 13.3. The van der Waals surface area contributed by atoms with E-state index in [1.54, 1.807) is 6.07 Å². The molecule has 0 aliphatic carbocycles. The first-order valence-corrected chi connectivity index (χ1v) is 7.50. The fraction of sp³-hybridized carbons (Fsp3) is 0.118. The summed E-state index contributed by atoms with van der Waals surface area (Å²) in [6.45, 7) is -0.0483. The van der Waals surface area contributed by atoms with Crippen molar-refractivity contribution in [3.05, 3.63) is 63.6 Å². The lowest BCUT2D eigenvalue weighted by molar-refractivity contribution is 0.0959. The first-order valence-electron chi connectivity index (χ1n) is 6.74. The Hall–Kier alpha value is -2.29. The van der Waals surface area contributed by atoms with Crippen molar-refractivity contribution in [3.8, 4) is 17.6 Å². The number of carbonyl (C=O) groups excluding carboxylic acids is 1. The lowest BCUT2D eigenvalue weighted by atomic mass is 10.2. The molecule has 2 aromatic carbocycles. The first kappa shape index (κ1) is 18.1. The summed E-state index contributed by atoms with van der Waals surface area (Å²) in [5.74, 6) is 3.24. The predicted octanol–water partition coefficient (Wildman–Crippen LogP) is 4.08. The number of hydrogen-bond acceptors (Lipinski definition) is 2. The highest BCUT2D eigenvalue weighted by Crippen LogP contribution is 2.20. The molecular formula is C17H11Cl2F2NO2. The number of benzene rings is 2. The third-order valence-electron chi connectivity index (χ3n) is 2.83. The molecule has 124 valence electrons. The Morgan fingerprint density at radius 3 is 2.67 bits per heavy atom. The standard InChI is InChI=1S/C17H11Cl2F2NO2/c18-11-3-5-14(19)13(9-11)17(23)22-7-1-2-8-24-16-6-4-12(20)10-15(16)21/h3-6,9-10H,7-8H2,(H,22,23). The molecule has 0 aliphatic rings. The predicted molar refractivity (Wildman–Crippen MR) is 88.4 cm³/mol. The molecule has 1 N–H and O–H groups in total. The van der Waals surface area contributed by atoms with Crippen molar-refractivity contribution in [1.29, 1.82) is 0 Å². The van der Waals surface area contributed by atoms with Crippen molar-refractivity contribution < 1.29 is 18.3 Å². The Balaban J connectivity index is 1.81. The van der Waals surface area contributed by atoms with Crippen molar-refractivity contribution in [1.82, 2.24) is 5.32 Å². The van der Waals surface area contributed by atoms with Crippen molar-refractivity contribution in [2.24, 2.45) is 0 Å². The summed E-state index contributed by atoms with van der Waals surface area (Å²) in [5, 5.41) is 3.22. The summed E-state index contributed by atoms with van der Waals surface area (Å²) in [6.07, 6.45) is 0. The summed E-state index contributed by atoms with van der Waals surface area (Å²) >= 11 is 11.7. The van der Waals surface area contributed by atoms with Gasteiger partial charge in [-0.1, -0.05) is 35.0 Å². The number of rotatable bonds is 4. The van der Waals surface area contributed by atoms with E-state index in [-0.39, 0.29) is 29.5 Å². The smallest absolute Gasteiger partial charge is 0.253 e. The Labute approximate surface area is 147 Å². The van der Waals surface area contributed by atoms with Crippen LogP contribution in [0.4, 0.5) is 8.78 Å². The van der Waals surface area contributed by atoms with Gasteiger partial charge in [-0.05, 0) is 30.3 Å². The molecule has 7 heteroatoms. The lowest BCUT2D eigenvalue weighted by Gasteiger charge is -2.04. The zero-order chi connectivity index (χ0) is 17.5. The Morgan fingerprint density at radius 2 is 1.92 bits per heavy atom. The van der Waals surface area contributed by atoms with Crippen LogP contribution in [0.3, 0.4) is 0 Å². The highest BCUT2D eigenvalue weighted by atomic mass is 35.5. The summed E-state index contributed by atoms with van der Waals surface area (Å²) in [5.41, 5.74) is 0.246. The molecule has 0 atom stereocenters. The molecule has 0 aliphatic heterocycles. The summed E-state index contributed by atoms with van der Waals surface area (Å²) < 4.78 is 31.1. The second kappa shape index (κ2) is 8.53. The molecular weight excluding hydrogens is 359 g/mol. The molecule has 0 bridgehead atoms. The normalized spacial score (nSPS) is 9.83. The Bertz CT molecular complexity index is 816. The number of nitrogens with one attached hydrogen (secondary N) is 1. The zero-order valence-corrected chi connectivity index (χ0v) is 13.7. The van der Waals surface area contributed by atoms with Gasteiger partial charge in [-0.25, -0.2) is 8.78 Å². The van der Waals surface area contributed by atoms with Gasteiger partial charge in [0.1, 0.15) is 12.4 Å². The van der Waals surface area contributed by atoms with E-state index in [9.17, 15) is 13.6 Å². The van der Waals surface area contributed by atoms with Gasteiger partial charge in [0.25, 0.3) is 5.91 Å². The molecule has 0 radical (unpaired) electrons. The fourth-order valence-corrected chi connectivity index (χ4v) is 2.09. The number of carbonyl (C=O) groups is 1. The minimum Gasteiger partial charge on any atom is -0.478 e. The number of halogens is 4. The van der Waals surface area contributed by atoms with E-state index < -0.39 is 17.5 Å². The van der Waals surface area contributed by atoms with Gasteiger partial charge in [-0.3, -0.25) is 4.79 Å². The lowest BCUT2D eigenvalue weighted by Crippen LogP contribution is -2.24. The van der Waals surface area contributed by atoms with Gasteiger partial charge in [-0.2, -0.15) is 0 Å². The fourth-order valence-electron chi connectivity index (χ4n) is 1.71. The second-order valence-corrected chi connectivity index (χ2v) is 5.37. The average Bonchev–Trinajstić information content (AvgIpc) is 2.54. The van der Waals surface area contributed by atoms with Crippen LogP contribution in [0, 0.1) is 23.5 Å². The van der Waals surface area contributed by atoms with Crippen molar-refractivity contribution in [2.75, 3.05) is 13.2 Å². The largest absolute Gasteiger partial charge is 0.478 e. The van der Waals surface area contributed by atoms with E-state index in [0.717, 1.165) is 12.1 Å². The van der Waals surface area contributed by atoms with Crippen LogP contribution in [-0.4, -0.2) is 19.1 Å². The monoisotopic (exact) mass is 369 g/mol. The van der Waals surface area contributed by atoms with E-state index in [2.05, 4.69) is 17.2 Å². The van der Waals surface area contributed by atoms with E-state index in [4.69, 9.17) is 27.9 Å². The molecule has 0 aromatic heterocycles. The molecule has 0 fully saturated rings. The summed E-state index contributed by atoms with van der Waals surface area (Å²) in [6, 6.07) is 7.53. The minimum absolute atomic E-state index is 0.0525. The molecule has 3 nitrogen and oxygen atoms in total. The van der Waals surface area contributed by atoms with Crippen molar-refractivity contribution in [2.45, 2.75) is 0 Å². The van der Waals surface area contributed by atoms with Crippen LogP contribution in [0.25, 0.3) is 0 Å². The molecule has 2 aromatic rings. The average molecular weight is 370 g/mol. The third-order valence-corrected chi connectivity index (χ3v) is 3.39. The van der Waals surface area contributed by atoms with Crippen LogP contribution < -0.4 is 10.1 Å². The van der Waals surface area contributed by atoms with Crippen LogP contribution >= 0.6 is 23.2 Å². The van der Waals surface area contributed by atoms with Crippen LogP contribution in [0.1, 0.15) is 10.4 Å². The molecule has 2 rings (SSSR count). The Kier molecular flexibility index (Phi) is 6.42. The third kappa shape index (κ3) is 5.12. The molecule has 0 unspecified atom stereocenters. The number of ether oxygens (including phenoxy) is 1. The molecule has 0 saturated carbocycles. The molecule has 0 spiro atoms. The Morgan fingerprint density at radius 1 is 1.12 bits per heavy atom. The van der Waals surface area contributed by atoms with Gasteiger partial charge < -0.3 is 10.1 Å². The van der Waals surface area contributed by atoms with Crippen molar-refractivity contribution in [3.63, 3.8) is 0 Å². The highest BCUT2D eigenvalue weighted by molar-refractivity contribution is 6.35.